The first-order valence-corrected chi connectivity index (χ1v) is 10.9. The highest BCUT2D eigenvalue weighted by molar-refractivity contribution is 5.88. The van der Waals surface area contributed by atoms with Crippen LogP contribution < -0.4 is 4.74 Å². The predicted molar refractivity (Wildman–Crippen MR) is 125 cm³/mol. The summed E-state index contributed by atoms with van der Waals surface area (Å²) in [5.74, 6) is 0.110. The zero-order valence-corrected chi connectivity index (χ0v) is 19.1. The van der Waals surface area contributed by atoms with E-state index < -0.39 is 5.97 Å². The Bertz CT molecular complexity index is 963. The molecule has 1 aliphatic rings. The molecule has 3 nitrogen and oxygen atoms in total. The number of hydrogen-bond donors (Lipinski definition) is 1. The van der Waals surface area contributed by atoms with Crippen molar-refractivity contribution in [1.82, 2.24) is 0 Å². The van der Waals surface area contributed by atoms with Gasteiger partial charge in [-0.1, -0.05) is 65.0 Å². The third-order valence-corrected chi connectivity index (χ3v) is 6.36. The number of carbonyl (C=O) groups is 1. The average molecular weight is 407 g/mol. The van der Waals surface area contributed by atoms with E-state index in [0.717, 1.165) is 29.7 Å². The molecule has 2 aromatic rings. The third-order valence-electron chi connectivity index (χ3n) is 6.36. The molecule has 0 saturated heterocycles. The molecule has 0 aromatic heterocycles. The van der Waals surface area contributed by atoms with Crippen molar-refractivity contribution in [2.24, 2.45) is 0 Å². The van der Waals surface area contributed by atoms with Crippen molar-refractivity contribution in [3.05, 3.63) is 63.7 Å². The lowest BCUT2D eigenvalue weighted by Crippen LogP contribution is -2.34. The average Bonchev–Trinajstić information content (AvgIpc) is 2.69. The quantitative estimate of drug-likeness (QED) is 0.525. The van der Waals surface area contributed by atoms with Crippen molar-refractivity contribution in [2.75, 3.05) is 6.61 Å². The van der Waals surface area contributed by atoms with Gasteiger partial charge in [0.05, 0.1) is 12.2 Å². The zero-order chi connectivity index (χ0) is 22.1. The third kappa shape index (κ3) is 4.30. The Morgan fingerprint density at radius 2 is 1.70 bits per heavy atom. The van der Waals surface area contributed by atoms with Crippen LogP contribution in [0, 0.1) is 6.92 Å². The van der Waals surface area contributed by atoms with Gasteiger partial charge in [0.2, 0.25) is 0 Å². The molecule has 0 aliphatic heterocycles. The Kier molecular flexibility index (Phi) is 6.12. The number of benzene rings is 2. The second kappa shape index (κ2) is 8.29. The number of rotatable bonds is 6. The van der Waals surface area contributed by atoms with Crippen LogP contribution in [0.3, 0.4) is 0 Å². The lowest BCUT2D eigenvalue weighted by atomic mass is 9.62. The maximum atomic E-state index is 11.1. The zero-order valence-electron chi connectivity index (χ0n) is 19.1. The number of carboxylic acid groups (broad SMARTS) is 1. The molecule has 3 heteroatoms. The van der Waals surface area contributed by atoms with Crippen LogP contribution in [0.15, 0.2) is 30.3 Å². The minimum absolute atomic E-state index is 0.0629. The molecule has 0 amide bonds. The van der Waals surface area contributed by atoms with Crippen LogP contribution in [-0.4, -0.2) is 17.7 Å². The Labute approximate surface area is 180 Å². The van der Waals surface area contributed by atoms with Gasteiger partial charge >= 0.3 is 5.97 Å². The molecule has 0 unspecified atom stereocenters. The predicted octanol–water partition coefficient (Wildman–Crippen LogP) is 7.00. The van der Waals surface area contributed by atoms with Crippen LogP contribution in [0.25, 0.3) is 12.2 Å². The van der Waals surface area contributed by atoms with Gasteiger partial charge in [0.1, 0.15) is 5.75 Å². The Morgan fingerprint density at radius 3 is 2.30 bits per heavy atom. The molecular weight excluding hydrogens is 372 g/mol. The van der Waals surface area contributed by atoms with Crippen LogP contribution in [-0.2, 0) is 10.8 Å². The fraction of sp³-hybridized carbons (Fsp3) is 0.444. The van der Waals surface area contributed by atoms with Crippen molar-refractivity contribution in [3.63, 3.8) is 0 Å². The molecule has 0 saturated carbocycles. The number of aryl methyl sites for hydroxylation is 1. The molecule has 0 bridgehead atoms. The number of hydrogen-bond acceptors (Lipinski definition) is 2. The Hall–Kier alpha value is -2.55. The van der Waals surface area contributed by atoms with E-state index in [1.54, 1.807) is 12.1 Å². The maximum absolute atomic E-state index is 11.1. The Morgan fingerprint density at radius 1 is 1.07 bits per heavy atom. The first-order valence-electron chi connectivity index (χ1n) is 10.9. The lowest BCUT2D eigenvalue weighted by molar-refractivity contribution is 0.0697. The topological polar surface area (TPSA) is 46.5 Å². The van der Waals surface area contributed by atoms with E-state index in [2.05, 4.69) is 53.7 Å². The van der Waals surface area contributed by atoms with Gasteiger partial charge in [-0.3, -0.25) is 0 Å². The van der Waals surface area contributed by atoms with E-state index in [-0.39, 0.29) is 10.8 Å². The number of carboxylic acids is 1. The highest BCUT2D eigenvalue weighted by Gasteiger charge is 2.40. The van der Waals surface area contributed by atoms with E-state index in [4.69, 9.17) is 9.84 Å². The molecule has 0 spiro atoms. The van der Waals surface area contributed by atoms with E-state index in [9.17, 15) is 4.79 Å². The summed E-state index contributed by atoms with van der Waals surface area (Å²) in [5.41, 5.74) is 6.55. The largest absolute Gasteiger partial charge is 0.493 e. The smallest absolute Gasteiger partial charge is 0.335 e. The van der Waals surface area contributed by atoms with Gasteiger partial charge in [0.25, 0.3) is 0 Å². The van der Waals surface area contributed by atoms with Gasteiger partial charge < -0.3 is 9.84 Å². The standard InChI is InChI=1S/C27H34O3/c1-7-16-30-24-21(13-10-19-8-11-20(12-9-19)25(28)29)18(2)17-22-23(24)27(5,6)15-14-26(22,3)4/h8-13,17H,7,14-16H2,1-6H3,(H,28,29). The van der Waals surface area contributed by atoms with Gasteiger partial charge in [-0.25, -0.2) is 4.79 Å². The minimum atomic E-state index is -0.906. The number of ether oxygens (including phenoxy) is 1. The summed E-state index contributed by atoms with van der Waals surface area (Å²) in [4.78, 5) is 11.1. The van der Waals surface area contributed by atoms with Gasteiger partial charge in [-0.15, -0.1) is 0 Å². The van der Waals surface area contributed by atoms with Gasteiger partial charge in [0.15, 0.2) is 0 Å². The van der Waals surface area contributed by atoms with Crippen molar-refractivity contribution < 1.29 is 14.6 Å². The van der Waals surface area contributed by atoms with Crippen LogP contribution in [0.1, 0.15) is 92.1 Å². The molecule has 0 atom stereocenters. The van der Waals surface area contributed by atoms with Crippen molar-refractivity contribution >= 4 is 18.1 Å². The van der Waals surface area contributed by atoms with E-state index >= 15 is 0 Å². The first kappa shape index (κ1) is 22.1. The van der Waals surface area contributed by atoms with Crippen molar-refractivity contribution in [2.45, 2.75) is 71.6 Å². The van der Waals surface area contributed by atoms with Crippen LogP contribution >= 0.6 is 0 Å². The molecule has 2 aromatic carbocycles. The molecule has 0 fully saturated rings. The van der Waals surface area contributed by atoms with Crippen LogP contribution in [0.5, 0.6) is 5.75 Å². The van der Waals surface area contributed by atoms with Gasteiger partial charge in [-0.05, 0) is 65.8 Å². The molecule has 30 heavy (non-hydrogen) atoms. The number of aromatic carboxylic acids is 1. The summed E-state index contributed by atoms with van der Waals surface area (Å²) in [6.07, 6.45) is 7.43. The monoisotopic (exact) mass is 406 g/mol. The number of fused-ring (bicyclic) bond motifs is 1. The lowest BCUT2D eigenvalue weighted by Gasteiger charge is -2.43. The molecule has 1 N–H and O–H groups in total. The van der Waals surface area contributed by atoms with E-state index in [1.807, 2.05) is 18.2 Å². The van der Waals surface area contributed by atoms with Crippen molar-refractivity contribution in [1.29, 1.82) is 0 Å². The summed E-state index contributed by atoms with van der Waals surface area (Å²) < 4.78 is 6.40. The molecular formula is C27H34O3. The summed E-state index contributed by atoms with van der Waals surface area (Å²) in [7, 11) is 0. The molecule has 3 rings (SSSR count). The normalized spacial score (nSPS) is 17.0. The molecule has 0 heterocycles. The fourth-order valence-electron chi connectivity index (χ4n) is 4.37. The van der Waals surface area contributed by atoms with Gasteiger partial charge in [0, 0.05) is 11.1 Å². The second-order valence-electron chi connectivity index (χ2n) is 9.74. The Balaban J connectivity index is 2.13. The molecule has 160 valence electrons. The van der Waals surface area contributed by atoms with E-state index in [0.29, 0.717) is 12.2 Å². The summed E-state index contributed by atoms with van der Waals surface area (Å²) in [5, 5.41) is 9.11. The fourth-order valence-corrected chi connectivity index (χ4v) is 4.37. The first-order chi connectivity index (χ1) is 14.1. The van der Waals surface area contributed by atoms with E-state index in [1.165, 1.54) is 23.1 Å². The van der Waals surface area contributed by atoms with Gasteiger partial charge in [-0.2, -0.15) is 0 Å². The van der Waals surface area contributed by atoms with Crippen molar-refractivity contribution in [3.8, 4) is 5.75 Å². The van der Waals surface area contributed by atoms with Crippen LogP contribution in [0.4, 0.5) is 0 Å². The summed E-state index contributed by atoms with van der Waals surface area (Å²) in [6, 6.07) is 9.31. The minimum Gasteiger partial charge on any atom is -0.493 e. The SMILES string of the molecule is CCCOc1c(C=Cc2ccc(C(=O)O)cc2)c(C)cc2c1C(C)(C)CCC2(C)C. The van der Waals surface area contributed by atoms with Crippen LogP contribution in [0.2, 0.25) is 0 Å². The maximum Gasteiger partial charge on any atom is 0.335 e. The molecule has 0 radical (unpaired) electrons. The highest BCUT2D eigenvalue weighted by Crippen LogP contribution is 2.51. The summed E-state index contributed by atoms with van der Waals surface area (Å²) >= 11 is 0. The second-order valence-corrected chi connectivity index (χ2v) is 9.74. The molecule has 1 aliphatic carbocycles. The highest BCUT2D eigenvalue weighted by atomic mass is 16.5. The summed E-state index contributed by atoms with van der Waals surface area (Å²) in [6.45, 7) is 14.3.